The third-order valence-electron chi connectivity index (χ3n) is 3.75. The minimum Gasteiger partial charge on any atom is -0.507 e. The molecule has 1 fully saturated rings. The quantitative estimate of drug-likeness (QED) is 0.910. The lowest BCUT2D eigenvalue weighted by Gasteiger charge is -2.33. The van der Waals surface area contributed by atoms with Crippen LogP contribution in [0.3, 0.4) is 0 Å². The highest BCUT2D eigenvalue weighted by Crippen LogP contribution is 2.23. The summed E-state index contributed by atoms with van der Waals surface area (Å²) in [4.78, 5) is 14.0. The SMILES string of the molecule is O=C(c1ccccc1O)N1CCN(S(=O)(=O)c2cccs2)CC1. The molecule has 0 bridgehead atoms. The van der Waals surface area contributed by atoms with Crippen LogP contribution in [0.5, 0.6) is 5.75 Å². The number of piperazine rings is 1. The van der Waals surface area contributed by atoms with E-state index in [-0.39, 0.29) is 30.3 Å². The first-order valence-corrected chi connectivity index (χ1v) is 9.43. The zero-order chi connectivity index (χ0) is 16.4. The maximum absolute atomic E-state index is 12.4. The lowest BCUT2D eigenvalue weighted by molar-refractivity contribution is 0.0695. The molecule has 2 aromatic rings. The molecule has 1 aromatic heterocycles. The van der Waals surface area contributed by atoms with Crippen LogP contribution in [0, 0.1) is 0 Å². The topological polar surface area (TPSA) is 77.9 Å². The highest BCUT2D eigenvalue weighted by Gasteiger charge is 2.31. The fourth-order valence-electron chi connectivity index (χ4n) is 2.49. The average molecular weight is 352 g/mol. The molecule has 3 rings (SSSR count). The van der Waals surface area contributed by atoms with Crippen molar-refractivity contribution in [2.24, 2.45) is 0 Å². The van der Waals surface area contributed by atoms with E-state index in [0.717, 1.165) is 0 Å². The number of aromatic hydroxyl groups is 1. The molecule has 0 aliphatic carbocycles. The Labute approximate surface area is 138 Å². The number of hydrogen-bond acceptors (Lipinski definition) is 5. The summed E-state index contributed by atoms with van der Waals surface area (Å²) in [6.07, 6.45) is 0. The molecular weight excluding hydrogens is 336 g/mol. The predicted octanol–water partition coefficient (Wildman–Crippen LogP) is 1.60. The highest BCUT2D eigenvalue weighted by atomic mass is 32.2. The van der Waals surface area contributed by atoms with E-state index in [9.17, 15) is 18.3 Å². The van der Waals surface area contributed by atoms with Crippen molar-refractivity contribution in [3.05, 3.63) is 47.3 Å². The Kier molecular flexibility index (Phi) is 4.38. The van der Waals surface area contributed by atoms with Gasteiger partial charge in [-0.3, -0.25) is 4.79 Å². The number of nitrogens with zero attached hydrogens (tertiary/aromatic N) is 2. The number of amides is 1. The summed E-state index contributed by atoms with van der Waals surface area (Å²) >= 11 is 1.19. The van der Waals surface area contributed by atoms with Gasteiger partial charge in [0, 0.05) is 26.2 Å². The molecule has 1 saturated heterocycles. The summed E-state index contributed by atoms with van der Waals surface area (Å²) in [5.41, 5.74) is 0.238. The van der Waals surface area contributed by atoms with E-state index in [1.165, 1.54) is 21.7 Å². The van der Waals surface area contributed by atoms with E-state index in [4.69, 9.17) is 0 Å². The number of sulfonamides is 1. The summed E-state index contributed by atoms with van der Waals surface area (Å²) in [5, 5.41) is 11.5. The number of para-hydroxylation sites is 1. The smallest absolute Gasteiger partial charge is 0.257 e. The van der Waals surface area contributed by atoms with Crippen LogP contribution in [0.1, 0.15) is 10.4 Å². The first-order chi connectivity index (χ1) is 11.0. The number of benzene rings is 1. The van der Waals surface area contributed by atoms with E-state index < -0.39 is 10.0 Å². The van der Waals surface area contributed by atoms with Crippen LogP contribution in [0.25, 0.3) is 0 Å². The fourth-order valence-corrected chi connectivity index (χ4v) is 5.06. The molecule has 2 heterocycles. The van der Waals surface area contributed by atoms with Crippen LogP contribution in [-0.2, 0) is 10.0 Å². The summed E-state index contributed by atoms with van der Waals surface area (Å²) < 4.78 is 26.6. The van der Waals surface area contributed by atoms with Gasteiger partial charge < -0.3 is 10.0 Å². The highest BCUT2D eigenvalue weighted by molar-refractivity contribution is 7.91. The number of rotatable bonds is 3. The average Bonchev–Trinajstić information content (AvgIpc) is 3.10. The minimum absolute atomic E-state index is 0.0638. The second-order valence-corrected chi connectivity index (χ2v) is 8.26. The molecule has 0 unspecified atom stereocenters. The summed E-state index contributed by atoms with van der Waals surface area (Å²) in [5.74, 6) is -0.345. The maximum atomic E-state index is 12.4. The number of carbonyl (C=O) groups is 1. The molecule has 1 aromatic carbocycles. The van der Waals surface area contributed by atoms with Crippen LogP contribution < -0.4 is 0 Å². The molecule has 0 spiro atoms. The Bertz CT molecular complexity index is 795. The van der Waals surface area contributed by atoms with E-state index in [1.54, 1.807) is 40.6 Å². The van der Waals surface area contributed by atoms with Crippen molar-refractivity contribution in [1.29, 1.82) is 0 Å². The number of thiophene rings is 1. The Morgan fingerprint density at radius 2 is 1.74 bits per heavy atom. The van der Waals surface area contributed by atoms with Gasteiger partial charge in [-0.1, -0.05) is 18.2 Å². The number of carbonyl (C=O) groups excluding carboxylic acids is 1. The second-order valence-electron chi connectivity index (χ2n) is 5.15. The van der Waals surface area contributed by atoms with Gasteiger partial charge in [-0.05, 0) is 23.6 Å². The van der Waals surface area contributed by atoms with Crippen LogP contribution >= 0.6 is 11.3 Å². The Morgan fingerprint density at radius 1 is 1.04 bits per heavy atom. The van der Waals surface area contributed by atoms with E-state index in [2.05, 4.69) is 0 Å². The van der Waals surface area contributed by atoms with Gasteiger partial charge in [0.2, 0.25) is 0 Å². The molecule has 1 aliphatic heterocycles. The van der Waals surface area contributed by atoms with Crippen molar-refractivity contribution in [1.82, 2.24) is 9.21 Å². The van der Waals surface area contributed by atoms with Gasteiger partial charge in [0.1, 0.15) is 9.96 Å². The zero-order valence-corrected chi connectivity index (χ0v) is 13.9. The molecule has 6 nitrogen and oxygen atoms in total. The van der Waals surface area contributed by atoms with Gasteiger partial charge in [-0.2, -0.15) is 4.31 Å². The molecule has 0 atom stereocenters. The van der Waals surface area contributed by atoms with Crippen molar-refractivity contribution in [2.75, 3.05) is 26.2 Å². The predicted molar refractivity (Wildman–Crippen MR) is 87.1 cm³/mol. The molecule has 0 saturated carbocycles. The lowest BCUT2D eigenvalue weighted by atomic mass is 10.1. The fraction of sp³-hybridized carbons (Fsp3) is 0.267. The van der Waals surface area contributed by atoms with Crippen molar-refractivity contribution in [3.63, 3.8) is 0 Å². The van der Waals surface area contributed by atoms with E-state index in [1.807, 2.05) is 0 Å². The van der Waals surface area contributed by atoms with Crippen LogP contribution in [-0.4, -0.2) is 54.8 Å². The van der Waals surface area contributed by atoms with Crippen molar-refractivity contribution >= 4 is 27.3 Å². The van der Waals surface area contributed by atoms with Gasteiger partial charge in [0.25, 0.3) is 15.9 Å². The second kappa shape index (κ2) is 6.31. The third-order valence-corrected chi connectivity index (χ3v) is 7.02. The molecule has 8 heteroatoms. The first-order valence-electron chi connectivity index (χ1n) is 7.11. The molecule has 122 valence electrons. The zero-order valence-electron chi connectivity index (χ0n) is 12.3. The lowest BCUT2D eigenvalue weighted by Crippen LogP contribution is -2.50. The molecule has 1 amide bonds. The monoisotopic (exact) mass is 352 g/mol. The maximum Gasteiger partial charge on any atom is 0.257 e. The molecule has 1 aliphatic rings. The normalized spacial score (nSPS) is 16.4. The van der Waals surface area contributed by atoms with Gasteiger partial charge in [-0.15, -0.1) is 11.3 Å². The van der Waals surface area contributed by atoms with Crippen molar-refractivity contribution in [2.45, 2.75) is 4.21 Å². The van der Waals surface area contributed by atoms with E-state index in [0.29, 0.717) is 17.3 Å². The van der Waals surface area contributed by atoms with Crippen LogP contribution in [0.2, 0.25) is 0 Å². The first kappa shape index (κ1) is 16.0. The van der Waals surface area contributed by atoms with Crippen LogP contribution in [0.4, 0.5) is 0 Å². The van der Waals surface area contributed by atoms with Crippen molar-refractivity contribution in [3.8, 4) is 5.75 Å². The summed E-state index contributed by atoms with van der Waals surface area (Å²) in [7, 11) is -3.48. The Morgan fingerprint density at radius 3 is 2.35 bits per heavy atom. The minimum atomic E-state index is -3.48. The summed E-state index contributed by atoms with van der Waals surface area (Å²) in [6.45, 7) is 1.11. The van der Waals surface area contributed by atoms with Gasteiger partial charge in [0.15, 0.2) is 0 Å². The molecule has 0 radical (unpaired) electrons. The van der Waals surface area contributed by atoms with Crippen LogP contribution in [0.15, 0.2) is 46.0 Å². The molecule has 23 heavy (non-hydrogen) atoms. The number of phenols is 1. The molecular formula is C15H16N2O4S2. The van der Waals surface area contributed by atoms with Gasteiger partial charge in [-0.25, -0.2) is 8.42 Å². The Balaban J connectivity index is 1.70. The number of hydrogen-bond donors (Lipinski definition) is 1. The van der Waals surface area contributed by atoms with E-state index >= 15 is 0 Å². The molecule has 1 N–H and O–H groups in total. The van der Waals surface area contributed by atoms with Gasteiger partial charge >= 0.3 is 0 Å². The number of phenolic OH excluding ortho intramolecular Hbond substituents is 1. The standard InChI is InChI=1S/C15H16N2O4S2/c18-13-5-2-1-4-12(13)15(19)16-7-9-17(10-8-16)23(20,21)14-6-3-11-22-14/h1-6,11,18H,7-10H2. The van der Waals surface area contributed by atoms with Gasteiger partial charge in [0.05, 0.1) is 5.56 Å². The third kappa shape index (κ3) is 3.10. The van der Waals surface area contributed by atoms with Crippen molar-refractivity contribution < 1.29 is 18.3 Å². The summed E-state index contributed by atoms with van der Waals surface area (Å²) in [6, 6.07) is 9.65. The largest absolute Gasteiger partial charge is 0.507 e. The Hall–Kier alpha value is -1.90.